The van der Waals surface area contributed by atoms with Gasteiger partial charge in [0.05, 0.1) is 0 Å². The zero-order valence-electron chi connectivity index (χ0n) is 8.48. The lowest BCUT2D eigenvalue weighted by atomic mass is 10.2. The average molecular weight is 172 g/mol. The zero-order chi connectivity index (χ0) is 9.56. The number of hydrogen-bond acceptors (Lipinski definition) is 1. The van der Waals surface area contributed by atoms with Gasteiger partial charge in [-0.25, -0.2) is 4.79 Å². The Hall–Kier alpha value is -0.730. The lowest BCUT2D eigenvalue weighted by molar-refractivity contribution is 0.236. The van der Waals surface area contributed by atoms with E-state index in [1.807, 2.05) is 13.8 Å². The van der Waals surface area contributed by atoms with Crippen LogP contribution in [0.1, 0.15) is 34.1 Å². The van der Waals surface area contributed by atoms with E-state index in [4.69, 9.17) is 0 Å². The first-order chi connectivity index (χ1) is 5.56. The third kappa shape index (κ3) is 6.01. The van der Waals surface area contributed by atoms with E-state index < -0.39 is 0 Å². The third-order valence-corrected chi connectivity index (χ3v) is 1.66. The molecule has 0 aromatic rings. The number of hydrogen-bond donors (Lipinski definition) is 2. The largest absolute Gasteiger partial charge is 0.338 e. The van der Waals surface area contributed by atoms with E-state index in [1.165, 1.54) is 0 Å². The van der Waals surface area contributed by atoms with E-state index in [9.17, 15) is 4.79 Å². The summed E-state index contributed by atoms with van der Waals surface area (Å²) in [4.78, 5) is 11.1. The Labute approximate surface area is 74.9 Å². The summed E-state index contributed by atoms with van der Waals surface area (Å²) in [6.07, 6.45) is 0.967. The molecule has 0 spiro atoms. The summed E-state index contributed by atoms with van der Waals surface area (Å²) >= 11 is 0. The maximum Gasteiger partial charge on any atom is 0.315 e. The van der Waals surface area contributed by atoms with Crippen LogP contribution in [0.15, 0.2) is 0 Å². The van der Waals surface area contributed by atoms with Gasteiger partial charge in [-0.05, 0) is 19.3 Å². The second kappa shape index (κ2) is 5.86. The first-order valence-corrected chi connectivity index (χ1v) is 4.60. The summed E-state index contributed by atoms with van der Waals surface area (Å²) in [5.74, 6) is 0.507. The smallest absolute Gasteiger partial charge is 0.315 e. The molecule has 0 fully saturated rings. The van der Waals surface area contributed by atoms with Crippen LogP contribution in [-0.2, 0) is 0 Å². The van der Waals surface area contributed by atoms with Crippen molar-refractivity contribution >= 4 is 6.03 Å². The molecule has 0 saturated carbocycles. The summed E-state index contributed by atoms with van der Waals surface area (Å²) < 4.78 is 0. The highest BCUT2D eigenvalue weighted by atomic mass is 16.2. The lowest BCUT2D eigenvalue weighted by Crippen LogP contribution is -2.41. The van der Waals surface area contributed by atoms with Crippen molar-refractivity contribution in [1.82, 2.24) is 10.6 Å². The number of rotatable bonds is 4. The Kier molecular flexibility index (Phi) is 5.51. The number of carbonyl (C=O) groups excluding carboxylic acids is 1. The van der Waals surface area contributed by atoms with Crippen LogP contribution in [0, 0.1) is 5.92 Å². The van der Waals surface area contributed by atoms with Crippen molar-refractivity contribution in [3.05, 3.63) is 0 Å². The summed E-state index contributed by atoms with van der Waals surface area (Å²) in [5.41, 5.74) is 0. The molecule has 2 N–H and O–H groups in total. The van der Waals surface area contributed by atoms with Gasteiger partial charge in [0.2, 0.25) is 0 Å². The molecule has 0 heterocycles. The van der Waals surface area contributed by atoms with Gasteiger partial charge in [0.15, 0.2) is 0 Å². The molecule has 1 atom stereocenters. The first-order valence-electron chi connectivity index (χ1n) is 4.60. The van der Waals surface area contributed by atoms with Crippen LogP contribution < -0.4 is 10.6 Å². The summed E-state index contributed by atoms with van der Waals surface area (Å²) in [6, 6.07) is 0.204. The summed E-state index contributed by atoms with van der Waals surface area (Å²) in [5, 5.41) is 5.63. The fourth-order valence-electron chi connectivity index (χ4n) is 0.674. The molecule has 2 amide bonds. The van der Waals surface area contributed by atoms with Gasteiger partial charge < -0.3 is 10.6 Å². The second-order valence-electron chi connectivity index (χ2n) is 3.56. The van der Waals surface area contributed by atoms with Crippen molar-refractivity contribution in [2.45, 2.75) is 40.2 Å². The maximum atomic E-state index is 11.1. The molecule has 0 aliphatic heterocycles. The highest BCUT2D eigenvalue weighted by Crippen LogP contribution is 1.89. The Morgan fingerprint density at radius 2 is 1.92 bits per heavy atom. The zero-order valence-corrected chi connectivity index (χ0v) is 8.48. The Balaban J connectivity index is 3.46. The normalized spacial score (nSPS) is 12.8. The second-order valence-corrected chi connectivity index (χ2v) is 3.56. The van der Waals surface area contributed by atoms with E-state index in [0.29, 0.717) is 5.92 Å². The van der Waals surface area contributed by atoms with E-state index in [0.717, 1.165) is 13.0 Å². The number of nitrogens with one attached hydrogen (secondary N) is 2. The van der Waals surface area contributed by atoms with E-state index >= 15 is 0 Å². The van der Waals surface area contributed by atoms with Gasteiger partial charge >= 0.3 is 6.03 Å². The van der Waals surface area contributed by atoms with Crippen LogP contribution in [-0.4, -0.2) is 18.6 Å². The molecule has 0 radical (unpaired) electrons. The minimum absolute atomic E-state index is 0.0574. The van der Waals surface area contributed by atoms with Crippen LogP contribution >= 0.6 is 0 Å². The van der Waals surface area contributed by atoms with Crippen LogP contribution in [0.5, 0.6) is 0 Å². The van der Waals surface area contributed by atoms with Gasteiger partial charge in [0.25, 0.3) is 0 Å². The molecule has 1 unspecified atom stereocenters. The highest BCUT2D eigenvalue weighted by molar-refractivity contribution is 5.74. The lowest BCUT2D eigenvalue weighted by Gasteiger charge is -2.13. The maximum absolute atomic E-state index is 11.1. The molecule has 3 nitrogen and oxygen atoms in total. The molecule has 0 bridgehead atoms. The van der Waals surface area contributed by atoms with Crippen LogP contribution in [0.2, 0.25) is 0 Å². The Morgan fingerprint density at radius 1 is 1.33 bits per heavy atom. The highest BCUT2D eigenvalue weighted by Gasteiger charge is 2.04. The van der Waals surface area contributed by atoms with E-state index in [2.05, 4.69) is 24.5 Å². The quantitative estimate of drug-likeness (QED) is 0.666. The van der Waals surface area contributed by atoms with Crippen LogP contribution in [0.3, 0.4) is 0 Å². The molecular weight excluding hydrogens is 152 g/mol. The molecule has 0 aromatic carbocycles. The van der Waals surface area contributed by atoms with Gasteiger partial charge in [0, 0.05) is 12.6 Å². The van der Waals surface area contributed by atoms with Crippen molar-refractivity contribution < 1.29 is 4.79 Å². The van der Waals surface area contributed by atoms with Crippen molar-refractivity contribution in [1.29, 1.82) is 0 Å². The molecule has 12 heavy (non-hydrogen) atoms. The predicted molar refractivity (Wildman–Crippen MR) is 51.1 cm³/mol. The number of amides is 2. The number of carbonyl (C=O) groups is 1. The topological polar surface area (TPSA) is 41.1 Å². The Morgan fingerprint density at radius 3 is 2.33 bits per heavy atom. The monoisotopic (exact) mass is 172 g/mol. The van der Waals surface area contributed by atoms with Gasteiger partial charge in [-0.1, -0.05) is 20.8 Å². The summed E-state index contributed by atoms with van der Waals surface area (Å²) in [7, 11) is 0. The minimum Gasteiger partial charge on any atom is -0.338 e. The molecule has 0 saturated heterocycles. The fraction of sp³-hybridized carbons (Fsp3) is 0.889. The average Bonchev–Trinajstić information content (AvgIpc) is 2.00. The van der Waals surface area contributed by atoms with Crippen LogP contribution in [0.4, 0.5) is 4.79 Å². The van der Waals surface area contributed by atoms with E-state index in [1.54, 1.807) is 0 Å². The van der Waals surface area contributed by atoms with E-state index in [-0.39, 0.29) is 12.1 Å². The van der Waals surface area contributed by atoms with Gasteiger partial charge in [-0.3, -0.25) is 0 Å². The molecule has 0 aliphatic rings. The van der Waals surface area contributed by atoms with Gasteiger partial charge in [-0.15, -0.1) is 0 Å². The minimum atomic E-state index is -0.0574. The first kappa shape index (κ1) is 11.3. The van der Waals surface area contributed by atoms with Gasteiger partial charge in [-0.2, -0.15) is 0 Å². The van der Waals surface area contributed by atoms with Crippen molar-refractivity contribution in [2.75, 3.05) is 6.54 Å². The molecule has 0 rings (SSSR count). The Bertz CT molecular complexity index is 134. The molecule has 72 valence electrons. The fourth-order valence-corrected chi connectivity index (χ4v) is 0.674. The van der Waals surface area contributed by atoms with Crippen LogP contribution in [0.25, 0.3) is 0 Å². The molecule has 3 heteroatoms. The standard InChI is InChI=1S/C9H20N2O/c1-5-8(4)11-9(12)10-6-7(2)3/h7-8H,5-6H2,1-4H3,(H2,10,11,12). The SMILES string of the molecule is CCC(C)NC(=O)NCC(C)C. The molecule has 0 aromatic heterocycles. The van der Waals surface area contributed by atoms with Gasteiger partial charge in [0.1, 0.15) is 0 Å². The van der Waals surface area contributed by atoms with Crippen molar-refractivity contribution in [2.24, 2.45) is 5.92 Å². The molecular formula is C9H20N2O. The summed E-state index contributed by atoms with van der Waals surface area (Å²) in [6.45, 7) is 8.93. The van der Waals surface area contributed by atoms with Crippen molar-refractivity contribution in [3.8, 4) is 0 Å². The predicted octanol–water partition coefficient (Wildman–Crippen LogP) is 1.74. The molecule has 0 aliphatic carbocycles. The third-order valence-electron chi connectivity index (χ3n) is 1.66. The van der Waals surface area contributed by atoms with Crippen molar-refractivity contribution in [3.63, 3.8) is 0 Å². The number of urea groups is 1.